The van der Waals surface area contributed by atoms with Gasteiger partial charge in [-0.15, -0.1) is 0 Å². The van der Waals surface area contributed by atoms with Crippen LogP contribution in [0.15, 0.2) is 84.9 Å². The third-order valence-corrected chi connectivity index (χ3v) is 10.8. The number of anilines is 1. The van der Waals surface area contributed by atoms with E-state index in [-0.39, 0.29) is 75.2 Å². The molecule has 330 valence electrons. The quantitative estimate of drug-likeness (QED) is 0.0499. The Kier molecular flexibility index (Phi) is 12.4. The van der Waals surface area contributed by atoms with Gasteiger partial charge in [-0.1, -0.05) is 41.9 Å². The number of nitrogens with zero attached hydrogens (tertiary/aromatic N) is 4. The van der Waals surface area contributed by atoms with E-state index in [4.69, 9.17) is 25.8 Å². The van der Waals surface area contributed by atoms with Crippen LogP contribution in [-0.2, 0) is 42.9 Å². The number of imide groups is 2. The molecule has 0 saturated carbocycles. The molecule has 1 fully saturated rings. The van der Waals surface area contributed by atoms with E-state index >= 15 is 0 Å². The van der Waals surface area contributed by atoms with Crippen molar-refractivity contribution in [2.75, 3.05) is 38.3 Å². The smallest absolute Gasteiger partial charge is 0.416 e. The molecule has 0 aliphatic carbocycles. The first kappa shape index (κ1) is 43.4. The van der Waals surface area contributed by atoms with Gasteiger partial charge in [0.2, 0.25) is 23.6 Å². The monoisotopic (exact) mass is 899 g/mol. The van der Waals surface area contributed by atoms with Crippen molar-refractivity contribution in [3.05, 3.63) is 118 Å². The molecule has 2 aromatic heterocycles. The van der Waals surface area contributed by atoms with Crippen molar-refractivity contribution >= 4 is 57.9 Å². The number of imidazole rings is 1. The minimum atomic E-state index is -4.52. The lowest BCUT2D eigenvalue weighted by Crippen LogP contribution is -2.54. The van der Waals surface area contributed by atoms with Gasteiger partial charge < -0.3 is 29.6 Å². The SMILES string of the molecule is O=C1CCC(N2C(=O)c3cccc(NCCOC(=O)COCCOc4ccc(CCc5c(-c6ccc(C(F)(F)F)cc6)nn(-c6nc7cc(Cl)ccc7[nH]6)c5O)cc4)c3C2=O)C(=O)N1. The molecule has 4 amide bonds. The molecular weight excluding hydrogens is 863 g/mol. The summed E-state index contributed by atoms with van der Waals surface area (Å²) in [5.74, 6) is -2.61. The maximum absolute atomic E-state index is 13.3. The van der Waals surface area contributed by atoms with Crippen LogP contribution in [-0.4, -0.2) is 98.4 Å². The zero-order valence-electron chi connectivity index (χ0n) is 33.5. The molecule has 20 heteroatoms. The highest BCUT2D eigenvalue weighted by molar-refractivity contribution is 6.31. The molecule has 0 spiro atoms. The average Bonchev–Trinajstić information content (AvgIpc) is 3.92. The number of aromatic amines is 1. The third kappa shape index (κ3) is 9.25. The number of halogens is 4. The number of benzene rings is 4. The van der Waals surface area contributed by atoms with Crippen LogP contribution in [0.5, 0.6) is 11.6 Å². The first-order valence-corrected chi connectivity index (χ1v) is 20.3. The molecule has 1 unspecified atom stereocenters. The van der Waals surface area contributed by atoms with E-state index in [1.165, 1.54) is 22.9 Å². The summed E-state index contributed by atoms with van der Waals surface area (Å²) in [7, 11) is 0. The van der Waals surface area contributed by atoms with E-state index in [2.05, 4.69) is 25.7 Å². The van der Waals surface area contributed by atoms with Crippen LogP contribution < -0.4 is 15.4 Å². The van der Waals surface area contributed by atoms with Crippen LogP contribution in [0.3, 0.4) is 0 Å². The minimum absolute atomic E-state index is 0.00473. The van der Waals surface area contributed by atoms with E-state index in [1.807, 2.05) is 12.1 Å². The second-order valence-corrected chi connectivity index (χ2v) is 15.2. The highest BCUT2D eigenvalue weighted by Crippen LogP contribution is 2.36. The summed E-state index contributed by atoms with van der Waals surface area (Å²) in [6.07, 6.45) is -3.78. The summed E-state index contributed by atoms with van der Waals surface area (Å²) >= 11 is 6.12. The minimum Gasteiger partial charge on any atom is -0.493 e. The Morgan fingerprint density at radius 3 is 2.47 bits per heavy atom. The number of ether oxygens (including phenoxy) is 3. The molecule has 8 rings (SSSR count). The van der Waals surface area contributed by atoms with Crippen molar-refractivity contribution in [1.29, 1.82) is 0 Å². The molecule has 64 heavy (non-hydrogen) atoms. The molecule has 2 aliphatic rings. The summed E-state index contributed by atoms with van der Waals surface area (Å²) in [5, 5.41) is 21.6. The lowest BCUT2D eigenvalue weighted by Gasteiger charge is -2.27. The number of aromatic hydroxyl groups is 1. The Bertz CT molecular complexity index is 2770. The number of carbonyl (C=O) groups is 5. The van der Waals surface area contributed by atoms with E-state index in [1.54, 1.807) is 42.5 Å². The molecule has 0 radical (unpaired) electrons. The predicted octanol–water partition coefficient (Wildman–Crippen LogP) is 6.03. The highest BCUT2D eigenvalue weighted by atomic mass is 35.5. The summed E-state index contributed by atoms with van der Waals surface area (Å²) in [6, 6.07) is 20.3. The maximum Gasteiger partial charge on any atom is 0.416 e. The van der Waals surface area contributed by atoms with Crippen molar-refractivity contribution in [3.8, 4) is 28.8 Å². The van der Waals surface area contributed by atoms with E-state index in [0.29, 0.717) is 50.7 Å². The number of carbonyl (C=O) groups excluding carboxylic acids is 5. The van der Waals surface area contributed by atoms with E-state index in [0.717, 1.165) is 22.6 Å². The lowest BCUT2D eigenvalue weighted by atomic mass is 10.00. The standard InChI is InChI=1S/C44H37ClF3N7O9/c45-27-11-15-31-33(22-27)51-43(50-31)55-41(60)30(38(53-55)25-7-9-26(10-8-25)44(46,47)48)14-6-24-4-12-28(13-5-24)63-21-20-62-23-36(57)64-19-18-49-32-3-1-2-29-37(32)42(61)54(40(29)59)34-16-17-35(56)52-39(34)58/h1-5,7-13,15,22,34,49,60H,6,14,16-21,23H2,(H,50,51)(H,52,56,58). The Balaban J connectivity index is 0.795. The van der Waals surface area contributed by atoms with Gasteiger partial charge in [-0.2, -0.15) is 23.0 Å². The highest BCUT2D eigenvalue weighted by Gasteiger charge is 2.45. The number of esters is 1. The van der Waals surface area contributed by atoms with Crippen LogP contribution in [0.2, 0.25) is 5.02 Å². The number of alkyl halides is 3. The Morgan fingerprint density at radius 2 is 1.72 bits per heavy atom. The fourth-order valence-electron chi connectivity index (χ4n) is 7.38. The number of nitrogens with one attached hydrogen (secondary N) is 3. The molecule has 1 atom stereocenters. The van der Waals surface area contributed by atoms with Gasteiger partial charge in [-0.05, 0) is 79.4 Å². The Morgan fingerprint density at radius 1 is 0.938 bits per heavy atom. The molecule has 4 N–H and O–H groups in total. The molecule has 4 heterocycles. The molecule has 6 aromatic rings. The lowest BCUT2D eigenvalue weighted by molar-refractivity contribution is -0.148. The number of fused-ring (bicyclic) bond motifs is 2. The molecule has 0 bridgehead atoms. The maximum atomic E-state index is 13.3. The third-order valence-electron chi connectivity index (χ3n) is 10.5. The fourth-order valence-corrected chi connectivity index (χ4v) is 7.55. The summed E-state index contributed by atoms with van der Waals surface area (Å²) < 4.78 is 57.6. The average molecular weight is 900 g/mol. The zero-order chi connectivity index (χ0) is 45.1. The van der Waals surface area contributed by atoms with Crippen LogP contribution in [0.1, 0.15) is 50.2 Å². The number of aryl methyl sites for hydroxylation is 1. The number of amides is 4. The Hall–Kier alpha value is -7.25. The molecule has 2 aliphatic heterocycles. The van der Waals surface area contributed by atoms with Crippen molar-refractivity contribution in [3.63, 3.8) is 0 Å². The van der Waals surface area contributed by atoms with Gasteiger partial charge in [0.1, 0.15) is 37.3 Å². The van der Waals surface area contributed by atoms with Gasteiger partial charge in [0.05, 0.1) is 34.3 Å². The van der Waals surface area contributed by atoms with Gasteiger partial charge in [-0.3, -0.25) is 29.4 Å². The van der Waals surface area contributed by atoms with Gasteiger partial charge in [0, 0.05) is 34.8 Å². The van der Waals surface area contributed by atoms with Crippen molar-refractivity contribution in [2.45, 2.75) is 37.9 Å². The van der Waals surface area contributed by atoms with Gasteiger partial charge in [0.25, 0.3) is 11.8 Å². The van der Waals surface area contributed by atoms with E-state index in [9.17, 15) is 42.3 Å². The molecule has 1 saturated heterocycles. The van der Waals surface area contributed by atoms with Crippen LogP contribution in [0.4, 0.5) is 18.9 Å². The van der Waals surface area contributed by atoms with Gasteiger partial charge >= 0.3 is 12.1 Å². The van der Waals surface area contributed by atoms with Crippen LogP contribution in [0.25, 0.3) is 28.2 Å². The number of hydrogen-bond acceptors (Lipinski definition) is 12. The van der Waals surface area contributed by atoms with Crippen molar-refractivity contribution < 1.29 is 56.5 Å². The zero-order valence-corrected chi connectivity index (χ0v) is 34.3. The van der Waals surface area contributed by atoms with Crippen molar-refractivity contribution in [2.24, 2.45) is 0 Å². The number of H-pyrrole nitrogens is 1. The first-order valence-electron chi connectivity index (χ1n) is 19.9. The fraction of sp³-hybridized carbons (Fsp3) is 0.250. The number of rotatable bonds is 16. The molecule has 4 aromatic carbocycles. The number of hydrogen-bond donors (Lipinski definition) is 4. The first-order chi connectivity index (χ1) is 30.7. The Labute approximate surface area is 366 Å². The topological polar surface area (TPSA) is 207 Å². The van der Waals surface area contributed by atoms with Gasteiger partial charge in [0.15, 0.2) is 0 Å². The number of piperidine rings is 1. The largest absolute Gasteiger partial charge is 0.493 e. The molecular formula is C44H37ClF3N7O9. The second kappa shape index (κ2) is 18.2. The number of aromatic nitrogens is 4. The molecule has 16 nitrogen and oxygen atoms in total. The predicted molar refractivity (Wildman–Crippen MR) is 223 cm³/mol. The van der Waals surface area contributed by atoms with Crippen molar-refractivity contribution in [1.82, 2.24) is 30.0 Å². The summed E-state index contributed by atoms with van der Waals surface area (Å²) in [6.45, 7) is -0.139. The summed E-state index contributed by atoms with van der Waals surface area (Å²) in [4.78, 5) is 71.0. The second-order valence-electron chi connectivity index (χ2n) is 14.7. The van der Waals surface area contributed by atoms with Crippen LogP contribution >= 0.6 is 11.6 Å². The van der Waals surface area contributed by atoms with Gasteiger partial charge in [-0.25, -0.2) is 9.78 Å². The summed E-state index contributed by atoms with van der Waals surface area (Å²) in [5.41, 5.74) is 2.83. The normalized spacial score (nSPS) is 15.1. The van der Waals surface area contributed by atoms with Crippen LogP contribution in [0, 0.1) is 0 Å². The van der Waals surface area contributed by atoms with E-state index < -0.39 is 47.4 Å².